The minimum absolute atomic E-state index is 0.00869. The number of nitrogens with zero attached hydrogens (tertiary/aromatic N) is 1. The normalized spacial score (nSPS) is 15.9. The topological polar surface area (TPSA) is 44.4 Å². The summed E-state index contributed by atoms with van der Waals surface area (Å²) in [5.74, 6) is 0. The van der Waals surface area contributed by atoms with Gasteiger partial charge in [-0.2, -0.15) is 0 Å². The fourth-order valence-electron chi connectivity index (χ4n) is 1.62. The molecular weight excluding hydrogens is 317 g/mol. The van der Waals surface area contributed by atoms with Gasteiger partial charge in [-0.25, -0.2) is 4.79 Å². The molecule has 1 fully saturated rings. The van der Waals surface area contributed by atoms with Gasteiger partial charge in [0.15, 0.2) is 0 Å². The number of nitrogens with one attached hydrogen (secondary N) is 2. The van der Waals surface area contributed by atoms with Gasteiger partial charge in [-0.05, 0) is 34.7 Å². The SMILES string of the molecule is O=C(Nc1ccccc1I)N1CCNCC1. The minimum atomic E-state index is -0.00869. The number of benzene rings is 1. The van der Waals surface area contributed by atoms with Crippen molar-refractivity contribution in [2.45, 2.75) is 0 Å². The Bertz CT molecular complexity index is 377. The van der Waals surface area contributed by atoms with E-state index in [2.05, 4.69) is 33.2 Å². The lowest BCUT2D eigenvalue weighted by Gasteiger charge is -2.27. The number of halogens is 1. The van der Waals surface area contributed by atoms with Gasteiger partial charge in [-0.3, -0.25) is 0 Å². The first kappa shape index (κ1) is 11.7. The molecule has 86 valence electrons. The van der Waals surface area contributed by atoms with Crippen LogP contribution >= 0.6 is 22.6 Å². The van der Waals surface area contributed by atoms with E-state index in [1.807, 2.05) is 29.2 Å². The van der Waals surface area contributed by atoms with Crippen LogP contribution in [0.2, 0.25) is 0 Å². The monoisotopic (exact) mass is 331 g/mol. The van der Waals surface area contributed by atoms with E-state index in [1.54, 1.807) is 0 Å². The maximum Gasteiger partial charge on any atom is 0.321 e. The average molecular weight is 331 g/mol. The fraction of sp³-hybridized carbons (Fsp3) is 0.364. The van der Waals surface area contributed by atoms with Crippen LogP contribution < -0.4 is 10.6 Å². The summed E-state index contributed by atoms with van der Waals surface area (Å²) in [7, 11) is 0. The number of anilines is 1. The first-order chi connectivity index (χ1) is 7.77. The van der Waals surface area contributed by atoms with E-state index in [-0.39, 0.29) is 6.03 Å². The third-order valence-corrected chi connectivity index (χ3v) is 3.46. The van der Waals surface area contributed by atoms with E-state index in [0.717, 1.165) is 35.4 Å². The number of rotatable bonds is 1. The maximum atomic E-state index is 11.9. The summed E-state index contributed by atoms with van der Waals surface area (Å²) in [5, 5.41) is 6.15. The molecule has 1 aliphatic heterocycles. The zero-order chi connectivity index (χ0) is 11.4. The van der Waals surface area contributed by atoms with Crippen molar-refractivity contribution >= 4 is 34.3 Å². The van der Waals surface area contributed by atoms with Crippen LogP contribution in [-0.2, 0) is 0 Å². The van der Waals surface area contributed by atoms with Gasteiger partial charge in [-0.15, -0.1) is 0 Å². The van der Waals surface area contributed by atoms with Crippen LogP contribution in [-0.4, -0.2) is 37.1 Å². The molecule has 16 heavy (non-hydrogen) atoms. The molecule has 0 saturated carbocycles. The highest BCUT2D eigenvalue weighted by atomic mass is 127. The zero-order valence-corrected chi connectivity index (χ0v) is 11.0. The molecule has 2 rings (SSSR count). The zero-order valence-electron chi connectivity index (χ0n) is 8.87. The van der Waals surface area contributed by atoms with Crippen LogP contribution in [0.25, 0.3) is 0 Å². The van der Waals surface area contributed by atoms with Crippen molar-refractivity contribution in [3.63, 3.8) is 0 Å². The van der Waals surface area contributed by atoms with Crippen LogP contribution in [0.3, 0.4) is 0 Å². The minimum Gasteiger partial charge on any atom is -0.322 e. The standard InChI is InChI=1S/C11H14IN3O/c12-9-3-1-2-4-10(9)14-11(16)15-7-5-13-6-8-15/h1-4,13H,5-8H2,(H,14,16). The third-order valence-electron chi connectivity index (χ3n) is 2.52. The highest BCUT2D eigenvalue weighted by molar-refractivity contribution is 14.1. The van der Waals surface area contributed by atoms with Crippen molar-refractivity contribution in [1.82, 2.24) is 10.2 Å². The van der Waals surface area contributed by atoms with Crippen molar-refractivity contribution in [2.75, 3.05) is 31.5 Å². The quantitative estimate of drug-likeness (QED) is 0.770. The number of hydrogen-bond donors (Lipinski definition) is 2. The van der Waals surface area contributed by atoms with Crippen LogP contribution in [0.15, 0.2) is 24.3 Å². The molecule has 0 atom stereocenters. The Hall–Kier alpha value is -0.820. The number of carbonyl (C=O) groups excluding carboxylic acids is 1. The summed E-state index contributed by atoms with van der Waals surface area (Å²) in [5.41, 5.74) is 0.881. The van der Waals surface area contributed by atoms with Crippen molar-refractivity contribution in [3.05, 3.63) is 27.8 Å². The molecule has 0 aromatic heterocycles. The maximum absolute atomic E-state index is 11.9. The molecule has 2 amide bonds. The van der Waals surface area contributed by atoms with Gasteiger partial charge < -0.3 is 15.5 Å². The molecule has 2 N–H and O–H groups in total. The first-order valence-electron chi connectivity index (χ1n) is 5.28. The molecule has 1 aromatic carbocycles. The summed E-state index contributed by atoms with van der Waals surface area (Å²) < 4.78 is 1.06. The summed E-state index contributed by atoms with van der Waals surface area (Å²) >= 11 is 2.22. The molecule has 0 bridgehead atoms. The number of hydrogen-bond acceptors (Lipinski definition) is 2. The second-order valence-corrected chi connectivity index (χ2v) is 4.81. The van der Waals surface area contributed by atoms with E-state index in [9.17, 15) is 4.79 Å². The molecule has 1 heterocycles. The Morgan fingerprint density at radius 3 is 2.69 bits per heavy atom. The largest absolute Gasteiger partial charge is 0.322 e. The van der Waals surface area contributed by atoms with Gasteiger partial charge in [0.1, 0.15) is 0 Å². The Kier molecular flexibility index (Phi) is 4.00. The molecule has 0 aliphatic carbocycles. The summed E-state index contributed by atoms with van der Waals surface area (Å²) in [4.78, 5) is 13.7. The van der Waals surface area contributed by atoms with E-state index in [0.29, 0.717) is 0 Å². The number of para-hydroxylation sites is 1. The number of carbonyl (C=O) groups is 1. The Balaban J connectivity index is 1.99. The molecule has 1 aromatic rings. The van der Waals surface area contributed by atoms with Crippen LogP contribution in [0.4, 0.5) is 10.5 Å². The van der Waals surface area contributed by atoms with Gasteiger partial charge in [0.25, 0.3) is 0 Å². The van der Waals surface area contributed by atoms with Crippen LogP contribution in [0.1, 0.15) is 0 Å². The van der Waals surface area contributed by atoms with Crippen LogP contribution in [0.5, 0.6) is 0 Å². The highest BCUT2D eigenvalue weighted by Gasteiger charge is 2.16. The fourth-order valence-corrected chi connectivity index (χ4v) is 2.15. The lowest BCUT2D eigenvalue weighted by atomic mass is 10.3. The molecular formula is C11H14IN3O. The predicted octanol–water partition coefficient (Wildman–Crippen LogP) is 1.73. The average Bonchev–Trinajstić information content (AvgIpc) is 2.33. The Morgan fingerprint density at radius 2 is 2.00 bits per heavy atom. The summed E-state index contributed by atoms with van der Waals surface area (Å²) in [6, 6.07) is 7.78. The molecule has 0 unspecified atom stereocenters. The van der Waals surface area contributed by atoms with Crippen molar-refractivity contribution in [2.24, 2.45) is 0 Å². The molecule has 0 spiro atoms. The summed E-state index contributed by atoms with van der Waals surface area (Å²) in [6.45, 7) is 3.29. The van der Waals surface area contributed by atoms with Gasteiger partial charge in [0, 0.05) is 29.7 Å². The molecule has 1 aliphatic rings. The first-order valence-corrected chi connectivity index (χ1v) is 6.36. The molecule has 5 heteroatoms. The van der Waals surface area contributed by atoms with Gasteiger partial charge >= 0.3 is 6.03 Å². The van der Waals surface area contributed by atoms with Gasteiger partial charge in [-0.1, -0.05) is 12.1 Å². The number of urea groups is 1. The van der Waals surface area contributed by atoms with Crippen molar-refractivity contribution in [3.8, 4) is 0 Å². The third kappa shape index (κ3) is 2.85. The van der Waals surface area contributed by atoms with Crippen LogP contribution in [0, 0.1) is 3.57 Å². The lowest BCUT2D eigenvalue weighted by Crippen LogP contribution is -2.48. The van der Waals surface area contributed by atoms with E-state index < -0.39 is 0 Å². The van der Waals surface area contributed by atoms with E-state index in [4.69, 9.17) is 0 Å². The summed E-state index contributed by atoms with van der Waals surface area (Å²) in [6.07, 6.45) is 0. The molecule has 1 saturated heterocycles. The molecule has 4 nitrogen and oxygen atoms in total. The van der Waals surface area contributed by atoms with Crippen molar-refractivity contribution in [1.29, 1.82) is 0 Å². The number of amides is 2. The lowest BCUT2D eigenvalue weighted by molar-refractivity contribution is 0.204. The second kappa shape index (κ2) is 5.49. The second-order valence-electron chi connectivity index (χ2n) is 3.65. The Morgan fingerprint density at radius 1 is 1.31 bits per heavy atom. The molecule has 0 radical (unpaired) electrons. The van der Waals surface area contributed by atoms with E-state index >= 15 is 0 Å². The predicted molar refractivity (Wildman–Crippen MR) is 72.6 cm³/mol. The van der Waals surface area contributed by atoms with Gasteiger partial charge in [0.2, 0.25) is 0 Å². The highest BCUT2D eigenvalue weighted by Crippen LogP contribution is 2.17. The Labute approximate surface area is 109 Å². The van der Waals surface area contributed by atoms with Crippen molar-refractivity contribution < 1.29 is 4.79 Å². The smallest absolute Gasteiger partial charge is 0.321 e. The number of piperazine rings is 1. The van der Waals surface area contributed by atoms with Gasteiger partial charge in [0.05, 0.1) is 5.69 Å². The van der Waals surface area contributed by atoms with E-state index in [1.165, 1.54) is 0 Å².